The molecule has 4 aromatic rings. The van der Waals surface area contributed by atoms with Gasteiger partial charge < -0.3 is 19.9 Å². The molecule has 0 unspecified atom stereocenters. The van der Waals surface area contributed by atoms with Crippen molar-refractivity contribution >= 4 is 11.9 Å². The quantitative estimate of drug-likeness (QED) is 0.294. The third kappa shape index (κ3) is 7.41. The highest BCUT2D eigenvalue weighted by atomic mass is 19.1. The molecule has 2 N–H and O–H groups in total. The first-order chi connectivity index (χ1) is 18.0. The smallest absolute Gasteiger partial charge is 0.326 e. The van der Waals surface area contributed by atoms with Gasteiger partial charge in [0.1, 0.15) is 30.0 Å². The Morgan fingerprint density at radius 1 is 0.757 bits per heavy atom. The van der Waals surface area contributed by atoms with E-state index in [0.717, 1.165) is 11.1 Å². The van der Waals surface area contributed by atoms with Gasteiger partial charge in [-0.05, 0) is 47.0 Å². The second-order valence-electron chi connectivity index (χ2n) is 8.37. The lowest BCUT2D eigenvalue weighted by molar-refractivity contribution is -0.142. The van der Waals surface area contributed by atoms with E-state index in [4.69, 9.17) is 9.47 Å². The summed E-state index contributed by atoms with van der Waals surface area (Å²) < 4.78 is 25.2. The van der Waals surface area contributed by atoms with E-state index in [0.29, 0.717) is 29.2 Å². The summed E-state index contributed by atoms with van der Waals surface area (Å²) in [6, 6.07) is 28.8. The molecule has 4 aromatic carbocycles. The van der Waals surface area contributed by atoms with E-state index in [1.54, 1.807) is 66.7 Å². The molecule has 0 aliphatic carbocycles. The lowest BCUT2D eigenvalue weighted by Gasteiger charge is -2.15. The van der Waals surface area contributed by atoms with Crippen molar-refractivity contribution in [3.8, 4) is 22.6 Å². The van der Waals surface area contributed by atoms with Crippen LogP contribution in [0.5, 0.6) is 11.5 Å². The number of carbonyl (C=O) groups is 2. The standard InChI is InChI=1S/C30H26FNO5/c31-27-9-5-4-8-26(27)23-12-16-25(17-13-23)37-20-29(33)32-28(30(34)35)18-21-10-14-24(15-11-21)36-19-22-6-2-1-3-7-22/h1-17,28H,18-20H2,(H,32,33)(H,34,35)/t28-/m0/s1. The van der Waals surface area contributed by atoms with Gasteiger partial charge in [0, 0.05) is 12.0 Å². The van der Waals surface area contributed by atoms with E-state index in [2.05, 4.69) is 5.32 Å². The molecule has 0 radical (unpaired) electrons. The highest BCUT2D eigenvalue weighted by Gasteiger charge is 2.21. The number of aliphatic carboxylic acids is 1. The molecule has 0 saturated heterocycles. The fourth-order valence-corrected chi connectivity index (χ4v) is 3.71. The van der Waals surface area contributed by atoms with Crippen molar-refractivity contribution < 1.29 is 28.6 Å². The first-order valence-corrected chi connectivity index (χ1v) is 11.7. The van der Waals surface area contributed by atoms with E-state index in [1.165, 1.54) is 6.07 Å². The largest absolute Gasteiger partial charge is 0.489 e. The van der Waals surface area contributed by atoms with Crippen molar-refractivity contribution in [2.45, 2.75) is 19.1 Å². The molecule has 0 spiro atoms. The molecule has 0 fully saturated rings. The Labute approximate surface area is 214 Å². The minimum Gasteiger partial charge on any atom is -0.489 e. The first kappa shape index (κ1) is 25.4. The Morgan fingerprint density at radius 3 is 2.05 bits per heavy atom. The van der Waals surface area contributed by atoms with Gasteiger partial charge in [-0.1, -0.05) is 72.8 Å². The molecule has 7 heteroatoms. The molecule has 6 nitrogen and oxygen atoms in total. The van der Waals surface area contributed by atoms with Crippen LogP contribution in [0.25, 0.3) is 11.1 Å². The Morgan fingerprint density at radius 2 is 1.38 bits per heavy atom. The first-order valence-electron chi connectivity index (χ1n) is 11.7. The number of benzene rings is 4. The lowest BCUT2D eigenvalue weighted by Crippen LogP contribution is -2.44. The van der Waals surface area contributed by atoms with Crippen LogP contribution in [0.4, 0.5) is 4.39 Å². The van der Waals surface area contributed by atoms with Crippen LogP contribution < -0.4 is 14.8 Å². The van der Waals surface area contributed by atoms with E-state index in [1.807, 2.05) is 30.3 Å². The summed E-state index contributed by atoms with van der Waals surface area (Å²) in [6.07, 6.45) is 0.109. The summed E-state index contributed by atoms with van der Waals surface area (Å²) in [5, 5.41) is 12.1. The summed E-state index contributed by atoms with van der Waals surface area (Å²) >= 11 is 0. The van der Waals surface area contributed by atoms with Crippen molar-refractivity contribution in [1.82, 2.24) is 5.32 Å². The minimum absolute atomic E-state index is 0.109. The Bertz CT molecular complexity index is 1320. The molecular formula is C30H26FNO5. The van der Waals surface area contributed by atoms with Crippen LogP contribution in [0.15, 0.2) is 103 Å². The second-order valence-corrected chi connectivity index (χ2v) is 8.37. The Kier molecular flexibility index (Phi) is 8.49. The van der Waals surface area contributed by atoms with Gasteiger partial charge in [0.25, 0.3) is 5.91 Å². The van der Waals surface area contributed by atoms with Crippen molar-refractivity contribution in [3.05, 3.63) is 120 Å². The van der Waals surface area contributed by atoms with Gasteiger partial charge in [-0.3, -0.25) is 4.79 Å². The van der Waals surface area contributed by atoms with Crippen LogP contribution in [0.1, 0.15) is 11.1 Å². The molecule has 0 bridgehead atoms. The van der Waals surface area contributed by atoms with Crippen LogP contribution in [-0.2, 0) is 22.6 Å². The van der Waals surface area contributed by atoms with Crippen LogP contribution in [-0.4, -0.2) is 29.6 Å². The number of carboxylic acid groups (broad SMARTS) is 1. The minimum atomic E-state index is -1.15. The maximum absolute atomic E-state index is 14.0. The van der Waals surface area contributed by atoms with Crippen molar-refractivity contribution in [3.63, 3.8) is 0 Å². The zero-order chi connectivity index (χ0) is 26.0. The lowest BCUT2D eigenvalue weighted by atomic mass is 10.1. The molecule has 0 aromatic heterocycles. The molecule has 188 valence electrons. The average molecular weight is 500 g/mol. The Hall–Kier alpha value is -4.65. The fraction of sp³-hybridized carbons (Fsp3) is 0.133. The predicted molar refractivity (Wildman–Crippen MR) is 138 cm³/mol. The molecule has 37 heavy (non-hydrogen) atoms. The van der Waals surface area contributed by atoms with E-state index in [-0.39, 0.29) is 18.8 Å². The fourth-order valence-electron chi connectivity index (χ4n) is 3.71. The van der Waals surface area contributed by atoms with Crippen molar-refractivity contribution in [2.75, 3.05) is 6.61 Å². The second kappa shape index (κ2) is 12.4. The molecule has 0 aliphatic heterocycles. The topological polar surface area (TPSA) is 84.9 Å². The maximum atomic E-state index is 14.0. The van der Waals surface area contributed by atoms with E-state index in [9.17, 15) is 19.1 Å². The number of nitrogens with one attached hydrogen (secondary N) is 1. The highest BCUT2D eigenvalue weighted by Crippen LogP contribution is 2.24. The van der Waals surface area contributed by atoms with Gasteiger partial charge in [-0.2, -0.15) is 0 Å². The van der Waals surface area contributed by atoms with Gasteiger partial charge in [-0.25, -0.2) is 9.18 Å². The summed E-state index contributed by atoms with van der Waals surface area (Å²) in [5.74, 6) is -0.962. The number of hydrogen-bond acceptors (Lipinski definition) is 4. The maximum Gasteiger partial charge on any atom is 0.326 e. The number of halogens is 1. The van der Waals surface area contributed by atoms with E-state index < -0.39 is 17.9 Å². The van der Waals surface area contributed by atoms with Gasteiger partial charge in [0.2, 0.25) is 0 Å². The number of amides is 1. The van der Waals surface area contributed by atoms with Crippen LogP contribution in [0.3, 0.4) is 0 Å². The van der Waals surface area contributed by atoms with Gasteiger partial charge in [-0.15, -0.1) is 0 Å². The molecule has 0 saturated carbocycles. The van der Waals surface area contributed by atoms with Gasteiger partial charge in [0.15, 0.2) is 6.61 Å². The third-order valence-corrected chi connectivity index (χ3v) is 5.65. The van der Waals surface area contributed by atoms with Gasteiger partial charge >= 0.3 is 5.97 Å². The highest BCUT2D eigenvalue weighted by molar-refractivity contribution is 5.84. The molecule has 0 heterocycles. The number of rotatable bonds is 11. The normalized spacial score (nSPS) is 11.4. The van der Waals surface area contributed by atoms with E-state index >= 15 is 0 Å². The summed E-state index contributed by atoms with van der Waals surface area (Å²) in [6.45, 7) is 0.0783. The summed E-state index contributed by atoms with van der Waals surface area (Å²) in [5.41, 5.74) is 2.93. The summed E-state index contributed by atoms with van der Waals surface area (Å²) in [4.78, 5) is 24.1. The SMILES string of the molecule is O=C(COc1ccc(-c2ccccc2F)cc1)N[C@@H](Cc1ccc(OCc2ccccc2)cc1)C(=O)O. The van der Waals surface area contributed by atoms with Gasteiger partial charge in [0.05, 0.1) is 0 Å². The average Bonchev–Trinajstić information content (AvgIpc) is 2.92. The van der Waals surface area contributed by atoms with Crippen molar-refractivity contribution in [2.24, 2.45) is 0 Å². The zero-order valence-electron chi connectivity index (χ0n) is 20.0. The monoisotopic (exact) mass is 499 g/mol. The molecule has 1 amide bonds. The number of carbonyl (C=O) groups excluding carboxylic acids is 1. The Balaban J connectivity index is 1.27. The van der Waals surface area contributed by atoms with Crippen molar-refractivity contribution in [1.29, 1.82) is 0 Å². The van der Waals surface area contributed by atoms with Crippen LogP contribution in [0, 0.1) is 5.82 Å². The number of carboxylic acids is 1. The molecule has 0 aliphatic rings. The van der Waals surface area contributed by atoms with Crippen LogP contribution >= 0.6 is 0 Å². The molecule has 1 atom stereocenters. The zero-order valence-corrected chi connectivity index (χ0v) is 20.0. The molecular weight excluding hydrogens is 473 g/mol. The third-order valence-electron chi connectivity index (χ3n) is 5.65. The summed E-state index contributed by atoms with van der Waals surface area (Å²) in [7, 11) is 0. The van der Waals surface area contributed by atoms with Crippen LogP contribution in [0.2, 0.25) is 0 Å². The number of hydrogen-bond donors (Lipinski definition) is 2. The number of ether oxygens (including phenoxy) is 2. The molecule has 4 rings (SSSR count). The predicted octanol–water partition coefficient (Wildman–Crippen LogP) is 5.26.